The number of aromatic carboxylic acids is 1. The summed E-state index contributed by atoms with van der Waals surface area (Å²) in [6, 6.07) is 7.02. The molecule has 0 radical (unpaired) electrons. The molecule has 1 saturated heterocycles. The number of benzene rings is 1. The second-order valence-electron chi connectivity index (χ2n) is 18.5. The van der Waals surface area contributed by atoms with E-state index in [1.165, 1.54) is 37.7 Å². The van der Waals surface area contributed by atoms with E-state index in [1.807, 2.05) is 19.1 Å². The molecule has 5 unspecified atom stereocenters. The maximum atomic E-state index is 13.9. The smallest absolute Gasteiger partial charge is 0.335 e. The Morgan fingerprint density at radius 3 is 2.27 bits per heavy atom. The summed E-state index contributed by atoms with van der Waals surface area (Å²) in [4.78, 5) is 25.5. The number of nitrogens with one attached hydrogen (secondary N) is 2. The van der Waals surface area contributed by atoms with Crippen LogP contribution in [0, 0.1) is 45.3 Å². The van der Waals surface area contributed by atoms with Crippen molar-refractivity contribution in [2.24, 2.45) is 45.3 Å². The molecule has 7 rings (SSSR count). The van der Waals surface area contributed by atoms with Crippen molar-refractivity contribution in [1.29, 1.82) is 0 Å². The number of carbonyl (C=O) groups excluding carboxylic acids is 1. The van der Waals surface area contributed by atoms with E-state index in [-0.39, 0.29) is 56.7 Å². The third-order valence-electron chi connectivity index (χ3n) is 16.1. The number of carboxylic acid groups (broad SMARTS) is 1. The molecule has 270 valence electrons. The largest absolute Gasteiger partial charge is 0.478 e. The van der Waals surface area contributed by atoms with Crippen molar-refractivity contribution in [3.05, 3.63) is 41.5 Å². The van der Waals surface area contributed by atoms with Crippen LogP contribution in [0.2, 0.25) is 0 Å². The summed E-state index contributed by atoms with van der Waals surface area (Å²) in [5, 5.41) is 16.6. The quantitative estimate of drug-likeness (QED) is 0.271. The van der Waals surface area contributed by atoms with Crippen LogP contribution in [0.5, 0.6) is 0 Å². The number of hydrogen-bond donors (Lipinski definition) is 3. The normalized spacial score (nSPS) is 42.5. The Kier molecular flexibility index (Phi) is 8.58. The first-order valence-corrected chi connectivity index (χ1v) is 21.1. The van der Waals surface area contributed by atoms with Crippen LogP contribution >= 0.6 is 0 Å². The van der Waals surface area contributed by atoms with Gasteiger partial charge in [-0.15, -0.1) is 0 Å². The highest BCUT2D eigenvalue weighted by Crippen LogP contribution is 2.76. The molecule has 1 aromatic carbocycles. The van der Waals surface area contributed by atoms with E-state index in [0.29, 0.717) is 42.1 Å². The lowest BCUT2D eigenvalue weighted by atomic mass is 9.33. The molecular formula is C41H60N2O5S. The average molecular weight is 693 g/mol. The highest BCUT2D eigenvalue weighted by Gasteiger charge is 2.69. The fraction of sp³-hybridized carbons (Fsp3) is 0.756. The molecule has 0 bridgehead atoms. The Labute approximate surface area is 294 Å². The Bertz CT molecular complexity index is 1630. The zero-order valence-corrected chi connectivity index (χ0v) is 31.6. The lowest BCUT2D eigenvalue weighted by Crippen LogP contribution is -2.68. The third kappa shape index (κ3) is 5.38. The third-order valence-corrected chi connectivity index (χ3v) is 17.9. The van der Waals surface area contributed by atoms with Gasteiger partial charge in [-0.05, 0) is 139 Å². The minimum absolute atomic E-state index is 0.0131. The maximum Gasteiger partial charge on any atom is 0.335 e. The second kappa shape index (κ2) is 11.9. The molecule has 1 heterocycles. The van der Waals surface area contributed by atoms with Crippen molar-refractivity contribution in [3.8, 4) is 0 Å². The van der Waals surface area contributed by atoms with E-state index in [1.54, 1.807) is 12.1 Å². The number of fused-ring (bicyclic) bond motifs is 7. The first-order valence-electron chi connectivity index (χ1n) is 19.3. The fourth-order valence-corrected chi connectivity index (χ4v) is 15.3. The number of amides is 1. The average Bonchev–Trinajstić information content (AvgIpc) is 3.62. The van der Waals surface area contributed by atoms with Gasteiger partial charge in [0.15, 0.2) is 9.84 Å². The Morgan fingerprint density at radius 1 is 0.878 bits per heavy atom. The number of sulfone groups is 1. The monoisotopic (exact) mass is 692 g/mol. The molecule has 1 amide bonds. The van der Waals surface area contributed by atoms with Gasteiger partial charge in [-0.3, -0.25) is 4.79 Å². The highest BCUT2D eigenvalue weighted by molar-refractivity contribution is 7.91. The molecule has 6 aliphatic rings. The number of carbonyl (C=O) groups is 2. The lowest BCUT2D eigenvalue weighted by Gasteiger charge is -2.72. The van der Waals surface area contributed by atoms with Crippen molar-refractivity contribution in [2.75, 3.05) is 11.5 Å². The predicted octanol–water partition coefficient (Wildman–Crippen LogP) is 7.66. The summed E-state index contributed by atoms with van der Waals surface area (Å²) in [6.45, 7) is 14.8. The van der Waals surface area contributed by atoms with E-state index in [0.717, 1.165) is 37.7 Å². The molecule has 8 heteroatoms. The van der Waals surface area contributed by atoms with Crippen LogP contribution in [-0.4, -0.2) is 54.5 Å². The number of hydrogen-bond acceptors (Lipinski definition) is 5. The van der Waals surface area contributed by atoms with Crippen molar-refractivity contribution in [1.82, 2.24) is 10.6 Å². The predicted molar refractivity (Wildman–Crippen MR) is 195 cm³/mol. The van der Waals surface area contributed by atoms with Crippen molar-refractivity contribution < 1.29 is 23.1 Å². The van der Waals surface area contributed by atoms with Gasteiger partial charge in [0, 0.05) is 11.6 Å². The fourth-order valence-electron chi connectivity index (χ4n) is 13.6. The van der Waals surface area contributed by atoms with Gasteiger partial charge in [-0.1, -0.05) is 66.2 Å². The maximum absolute atomic E-state index is 13.9. The summed E-state index contributed by atoms with van der Waals surface area (Å²) in [5.41, 5.74) is 3.34. The Hall–Kier alpha value is -2.19. The van der Waals surface area contributed by atoms with Crippen LogP contribution < -0.4 is 10.6 Å². The summed E-state index contributed by atoms with van der Waals surface area (Å²) < 4.78 is 24.2. The van der Waals surface area contributed by atoms with Gasteiger partial charge >= 0.3 is 5.97 Å². The zero-order chi connectivity index (χ0) is 35.2. The molecular weight excluding hydrogens is 633 g/mol. The van der Waals surface area contributed by atoms with Crippen molar-refractivity contribution in [2.45, 2.75) is 136 Å². The standard InChI is InChI=1S/C41H60N2O5S/c1-7-32(42-28-18-24-49(47,48)25-28)35(44)43-41-19-8-9-31(41)30-14-15-34-38(4)20-16-29(26-10-12-27(13-11-26)36(45)46)37(2,3)33(38)17-21-40(34,6)39(30,5)22-23-41/h10-13,16,28,30-34,42H,7-9,14-15,17-25H2,1-6H3,(H,43,44)(H,45,46)/t28?,30-,31?,32?,33?,34?,38+,39-,40-,41+/m1/s1. The SMILES string of the molecule is CCC(NC1CCS(=O)(=O)C1)C(=O)N[C@]12CCCC1[C@H]1CCC3[C@@]4(C)CC=C(c5ccc(C(=O)O)cc5)C(C)(C)C4CC[C@@]3(C)[C@]1(C)CC2. The molecule has 1 aliphatic heterocycles. The van der Waals surface area contributed by atoms with Crippen LogP contribution in [0.1, 0.15) is 135 Å². The van der Waals surface area contributed by atoms with E-state index in [9.17, 15) is 23.1 Å². The minimum Gasteiger partial charge on any atom is -0.478 e. The van der Waals surface area contributed by atoms with Gasteiger partial charge in [-0.25, -0.2) is 13.2 Å². The molecule has 7 nitrogen and oxygen atoms in total. The van der Waals surface area contributed by atoms with E-state index < -0.39 is 15.8 Å². The molecule has 5 aliphatic carbocycles. The van der Waals surface area contributed by atoms with E-state index in [4.69, 9.17) is 0 Å². The van der Waals surface area contributed by atoms with Gasteiger partial charge in [-0.2, -0.15) is 0 Å². The molecule has 3 N–H and O–H groups in total. The van der Waals surface area contributed by atoms with Crippen molar-refractivity contribution in [3.63, 3.8) is 0 Å². The lowest BCUT2D eigenvalue weighted by molar-refractivity contribution is -0.217. The van der Waals surface area contributed by atoms with Gasteiger partial charge in [0.25, 0.3) is 0 Å². The molecule has 4 saturated carbocycles. The Balaban J connectivity index is 1.12. The van der Waals surface area contributed by atoms with Crippen LogP contribution in [0.4, 0.5) is 0 Å². The number of carboxylic acids is 1. The van der Waals surface area contributed by atoms with Gasteiger partial charge in [0.05, 0.1) is 23.1 Å². The minimum atomic E-state index is -3.01. The van der Waals surface area contributed by atoms with E-state index in [2.05, 4.69) is 51.3 Å². The topological polar surface area (TPSA) is 113 Å². The van der Waals surface area contributed by atoms with Gasteiger partial charge in [0.2, 0.25) is 5.91 Å². The van der Waals surface area contributed by atoms with Crippen LogP contribution in [-0.2, 0) is 14.6 Å². The number of rotatable bonds is 7. The molecule has 0 aromatic heterocycles. The van der Waals surface area contributed by atoms with Crippen molar-refractivity contribution >= 4 is 27.3 Å². The molecule has 49 heavy (non-hydrogen) atoms. The summed E-state index contributed by atoms with van der Waals surface area (Å²) in [6.07, 6.45) is 15.3. The van der Waals surface area contributed by atoms with Gasteiger partial charge < -0.3 is 15.7 Å². The summed E-state index contributed by atoms with van der Waals surface area (Å²) in [7, 11) is -3.01. The van der Waals surface area contributed by atoms with Crippen LogP contribution in [0.25, 0.3) is 5.57 Å². The highest BCUT2D eigenvalue weighted by atomic mass is 32.2. The molecule has 0 spiro atoms. The first kappa shape index (κ1) is 35.2. The molecule has 10 atom stereocenters. The second-order valence-corrected chi connectivity index (χ2v) is 20.7. The van der Waals surface area contributed by atoms with Crippen LogP contribution in [0.15, 0.2) is 30.3 Å². The van der Waals surface area contributed by atoms with Crippen LogP contribution in [0.3, 0.4) is 0 Å². The summed E-state index contributed by atoms with van der Waals surface area (Å²) >= 11 is 0. The summed E-state index contributed by atoms with van der Waals surface area (Å²) in [5.74, 6) is 1.81. The zero-order valence-electron chi connectivity index (χ0n) is 30.7. The molecule has 1 aromatic rings. The van der Waals surface area contributed by atoms with E-state index >= 15 is 0 Å². The van der Waals surface area contributed by atoms with Gasteiger partial charge in [0.1, 0.15) is 0 Å². The Morgan fingerprint density at radius 2 is 1.61 bits per heavy atom. The first-order chi connectivity index (χ1) is 23.0. The molecule has 5 fully saturated rings. The number of allylic oxidation sites excluding steroid dienone is 2.